The van der Waals surface area contributed by atoms with Crippen LogP contribution in [0.3, 0.4) is 0 Å². The lowest BCUT2D eigenvalue weighted by Crippen LogP contribution is -2.09. The molecule has 21 heavy (non-hydrogen) atoms. The van der Waals surface area contributed by atoms with Crippen LogP contribution in [0.15, 0.2) is 40.9 Å². The topological polar surface area (TPSA) is 30.5 Å². The number of rotatable bonds is 6. The molecule has 0 amide bonds. The zero-order valence-corrected chi connectivity index (χ0v) is 14.2. The summed E-state index contributed by atoms with van der Waals surface area (Å²) in [6.45, 7) is 3.32. The molecule has 3 nitrogen and oxygen atoms in total. The molecule has 0 fully saturated rings. The summed E-state index contributed by atoms with van der Waals surface area (Å²) in [7, 11) is 3.57. The Bertz CT molecular complexity index is 614. The second-order valence-corrected chi connectivity index (χ2v) is 5.66. The lowest BCUT2D eigenvalue weighted by atomic mass is 10.1. The molecule has 0 atom stereocenters. The second-order valence-electron chi connectivity index (χ2n) is 4.80. The molecule has 0 aliphatic heterocycles. The third-order valence-corrected chi connectivity index (χ3v) is 4.12. The fourth-order valence-corrected chi connectivity index (χ4v) is 2.62. The van der Waals surface area contributed by atoms with E-state index in [1.165, 1.54) is 11.1 Å². The number of halogens is 1. The van der Waals surface area contributed by atoms with Crippen LogP contribution in [-0.4, -0.2) is 14.2 Å². The molecule has 0 spiro atoms. The van der Waals surface area contributed by atoms with Gasteiger partial charge in [-0.3, -0.25) is 0 Å². The molecule has 2 aromatic rings. The fourth-order valence-electron chi connectivity index (χ4n) is 2.16. The average Bonchev–Trinajstić information content (AvgIpc) is 2.49. The van der Waals surface area contributed by atoms with Gasteiger partial charge in [0.1, 0.15) is 6.61 Å². The summed E-state index contributed by atoms with van der Waals surface area (Å²) in [6.07, 6.45) is 0. The maximum absolute atomic E-state index is 6.06. The van der Waals surface area contributed by atoms with E-state index in [0.29, 0.717) is 13.2 Å². The summed E-state index contributed by atoms with van der Waals surface area (Å²) in [4.78, 5) is 0. The predicted octanol–water partition coefficient (Wildman–Crippen LogP) is 4.06. The number of hydrogen-bond donors (Lipinski definition) is 1. The van der Waals surface area contributed by atoms with Crippen molar-refractivity contribution in [3.05, 3.63) is 57.6 Å². The maximum atomic E-state index is 6.06. The van der Waals surface area contributed by atoms with Crippen LogP contribution in [0.25, 0.3) is 0 Å². The van der Waals surface area contributed by atoms with E-state index < -0.39 is 0 Å². The van der Waals surface area contributed by atoms with E-state index in [1.54, 1.807) is 7.11 Å². The normalized spacial score (nSPS) is 10.5. The Labute approximate surface area is 134 Å². The largest absolute Gasteiger partial charge is 0.493 e. The summed E-state index contributed by atoms with van der Waals surface area (Å²) < 4.78 is 12.5. The molecule has 2 rings (SSSR count). The first-order chi connectivity index (χ1) is 10.2. The summed E-state index contributed by atoms with van der Waals surface area (Å²) in [5, 5.41) is 3.16. The summed E-state index contributed by atoms with van der Waals surface area (Å²) in [5.74, 6) is 1.53. The second kappa shape index (κ2) is 7.48. The van der Waals surface area contributed by atoms with E-state index in [9.17, 15) is 0 Å². The lowest BCUT2D eigenvalue weighted by Gasteiger charge is -2.17. The Kier molecular flexibility index (Phi) is 5.65. The first-order valence-corrected chi connectivity index (χ1v) is 7.64. The van der Waals surface area contributed by atoms with Gasteiger partial charge in [0.15, 0.2) is 11.5 Å². The Morgan fingerprint density at radius 3 is 2.57 bits per heavy atom. The molecular formula is C17H20BrNO2. The number of hydrogen-bond acceptors (Lipinski definition) is 3. The van der Waals surface area contributed by atoms with Crippen LogP contribution in [0.5, 0.6) is 11.5 Å². The summed E-state index contributed by atoms with van der Waals surface area (Å²) in [5.41, 5.74) is 3.46. The zero-order chi connectivity index (χ0) is 15.2. The Morgan fingerprint density at radius 1 is 1.14 bits per heavy atom. The molecule has 4 heteroatoms. The van der Waals surface area contributed by atoms with Crippen molar-refractivity contribution < 1.29 is 9.47 Å². The van der Waals surface area contributed by atoms with Gasteiger partial charge in [0.2, 0.25) is 0 Å². The van der Waals surface area contributed by atoms with Crippen LogP contribution in [0, 0.1) is 6.92 Å². The molecule has 0 aromatic heterocycles. The average molecular weight is 350 g/mol. The molecular weight excluding hydrogens is 330 g/mol. The standard InChI is InChI=1S/C17H20BrNO2/c1-12-6-4-5-7-13(12)11-21-17-14(10-19-2)15(18)8-9-16(17)20-3/h4-9,19H,10-11H2,1-3H3. The van der Waals surface area contributed by atoms with Crippen LogP contribution >= 0.6 is 15.9 Å². The van der Waals surface area contributed by atoms with Crippen LogP contribution in [0.2, 0.25) is 0 Å². The van der Waals surface area contributed by atoms with Crippen molar-refractivity contribution in [1.82, 2.24) is 5.32 Å². The van der Waals surface area contributed by atoms with Gasteiger partial charge < -0.3 is 14.8 Å². The van der Waals surface area contributed by atoms with Gasteiger partial charge >= 0.3 is 0 Å². The van der Waals surface area contributed by atoms with Crippen LogP contribution in [0.1, 0.15) is 16.7 Å². The first kappa shape index (κ1) is 15.9. The van der Waals surface area contributed by atoms with Gasteiger partial charge in [0.25, 0.3) is 0 Å². The van der Waals surface area contributed by atoms with E-state index in [4.69, 9.17) is 9.47 Å². The van der Waals surface area contributed by atoms with Crippen molar-refractivity contribution in [1.29, 1.82) is 0 Å². The lowest BCUT2D eigenvalue weighted by molar-refractivity contribution is 0.280. The monoisotopic (exact) mass is 349 g/mol. The van der Waals surface area contributed by atoms with Gasteiger partial charge in [0.05, 0.1) is 7.11 Å². The van der Waals surface area contributed by atoms with Crippen LogP contribution in [0.4, 0.5) is 0 Å². The number of methoxy groups -OCH3 is 1. The van der Waals surface area contributed by atoms with Gasteiger partial charge in [-0.2, -0.15) is 0 Å². The minimum Gasteiger partial charge on any atom is -0.493 e. The van der Waals surface area contributed by atoms with Crippen LogP contribution in [-0.2, 0) is 13.2 Å². The number of nitrogens with one attached hydrogen (secondary N) is 1. The van der Waals surface area contributed by atoms with Crippen molar-refractivity contribution >= 4 is 15.9 Å². The molecule has 1 N–H and O–H groups in total. The predicted molar refractivity (Wildman–Crippen MR) is 89.0 cm³/mol. The Hall–Kier alpha value is -1.52. The smallest absolute Gasteiger partial charge is 0.167 e. The molecule has 112 valence electrons. The number of benzene rings is 2. The van der Waals surface area contributed by atoms with Gasteiger partial charge in [-0.1, -0.05) is 40.2 Å². The van der Waals surface area contributed by atoms with Gasteiger partial charge in [-0.15, -0.1) is 0 Å². The van der Waals surface area contributed by atoms with Crippen LogP contribution < -0.4 is 14.8 Å². The Morgan fingerprint density at radius 2 is 1.90 bits per heavy atom. The van der Waals surface area contributed by atoms with Gasteiger partial charge in [0, 0.05) is 16.6 Å². The molecule has 0 heterocycles. The highest BCUT2D eigenvalue weighted by Crippen LogP contribution is 2.36. The molecule has 0 saturated carbocycles. The first-order valence-electron chi connectivity index (χ1n) is 6.84. The van der Waals surface area contributed by atoms with Crippen molar-refractivity contribution in [2.45, 2.75) is 20.1 Å². The van der Waals surface area contributed by atoms with Crippen molar-refractivity contribution in [3.63, 3.8) is 0 Å². The van der Waals surface area contributed by atoms with E-state index in [0.717, 1.165) is 21.5 Å². The minimum absolute atomic E-state index is 0.524. The highest BCUT2D eigenvalue weighted by molar-refractivity contribution is 9.10. The van der Waals surface area contributed by atoms with Crippen molar-refractivity contribution in [2.75, 3.05) is 14.2 Å². The van der Waals surface area contributed by atoms with Crippen molar-refractivity contribution in [2.24, 2.45) is 0 Å². The molecule has 2 aromatic carbocycles. The van der Waals surface area contributed by atoms with Crippen molar-refractivity contribution in [3.8, 4) is 11.5 Å². The molecule has 0 saturated heterocycles. The molecule has 0 bridgehead atoms. The zero-order valence-electron chi connectivity index (χ0n) is 12.6. The quantitative estimate of drug-likeness (QED) is 0.852. The molecule has 0 aliphatic rings. The SMILES string of the molecule is CNCc1c(Br)ccc(OC)c1OCc1ccccc1C. The van der Waals surface area contributed by atoms with E-state index >= 15 is 0 Å². The molecule has 0 aliphatic carbocycles. The molecule has 0 unspecified atom stereocenters. The van der Waals surface area contributed by atoms with Gasteiger partial charge in [-0.25, -0.2) is 0 Å². The highest BCUT2D eigenvalue weighted by atomic mass is 79.9. The van der Waals surface area contributed by atoms with E-state index in [1.807, 2.05) is 31.3 Å². The minimum atomic E-state index is 0.524. The number of ether oxygens (including phenoxy) is 2. The van der Waals surface area contributed by atoms with Gasteiger partial charge in [-0.05, 0) is 37.2 Å². The summed E-state index contributed by atoms with van der Waals surface area (Å²) in [6, 6.07) is 12.1. The van der Waals surface area contributed by atoms with E-state index in [-0.39, 0.29) is 0 Å². The third kappa shape index (κ3) is 3.77. The maximum Gasteiger partial charge on any atom is 0.167 e. The summed E-state index contributed by atoms with van der Waals surface area (Å²) >= 11 is 3.58. The van der Waals surface area contributed by atoms with E-state index in [2.05, 4.69) is 40.3 Å². The number of aryl methyl sites for hydroxylation is 1. The third-order valence-electron chi connectivity index (χ3n) is 3.37. The molecule has 0 radical (unpaired) electrons. The fraction of sp³-hybridized carbons (Fsp3) is 0.294. The Balaban J connectivity index is 2.29. The highest BCUT2D eigenvalue weighted by Gasteiger charge is 2.14.